The molecule has 0 saturated carbocycles. The van der Waals surface area contributed by atoms with E-state index < -0.39 is 5.78 Å². The third-order valence-corrected chi connectivity index (χ3v) is 3.80. The maximum Gasteiger partial charge on any atom is 0.195 e. The number of hydrogen-bond acceptors (Lipinski definition) is 5. The molecule has 1 aromatic carbocycles. The van der Waals surface area contributed by atoms with Crippen molar-refractivity contribution in [1.29, 1.82) is 0 Å². The average Bonchev–Trinajstić information content (AvgIpc) is 2.86. The van der Waals surface area contributed by atoms with Crippen LogP contribution in [0.15, 0.2) is 35.7 Å². The monoisotopic (exact) mass is 272 g/mol. The standard InChI is InChI=1S/C14H8O4S/c15-7-4-9-13(10(16)5-7)11(17)6-8(14(9)18)12-2-1-3-19-12/h1-6,15-16H. The van der Waals surface area contributed by atoms with Gasteiger partial charge < -0.3 is 10.2 Å². The summed E-state index contributed by atoms with van der Waals surface area (Å²) in [6, 6.07) is 5.78. The Morgan fingerprint density at radius 1 is 1.11 bits per heavy atom. The lowest BCUT2D eigenvalue weighted by Gasteiger charge is -2.15. The highest BCUT2D eigenvalue weighted by Crippen LogP contribution is 2.36. The summed E-state index contributed by atoms with van der Waals surface area (Å²) in [5, 5.41) is 20.9. The molecule has 0 bridgehead atoms. The Morgan fingerprint density at radius 3 is 2.58 bits per heavy atom. The molecular formula is C14H8O4S. The topological polar surface area (TPSA) is 74.6 Å². The normalized spacial score (nSPS) is 14.2. The van der Waals surface area contributed by atoms with Gasteiger partial charge in [-0.05, 0) is 23.6 Å². The molecule has 0 saturated heterocycles. The lowest BCUT2D eigenvalue weighted by atomic mass is 9.88. The molecule has 0 aliphatic heterocycles. The first-order valence-electron chi connectivity index (χ1n) is 5.48. The molecular weight excluding hydrogens is 264 g/mol. The van der Waals surface area contributed by atoms with E-state index in [1.165, 1.54) is 23.5 Å². The van der Waals surface area contributed by atoms with Crippen LogP contribution in [0.2, 0.25) is 0 Å². The minimum Gasteiger partial charge on any atom is -0.508 e. The first kappa shape index (κ1) is 11.7. The highest BCUT2D eigenvalue weighted by molar-refractivity contribution is 7.11. The molecule has 94 valence electrons. The van der Waals surface area contributed by atoms with E-state index in [1.54, 1.807) is 12.1 Å². The Bertz CT molecular complexity index is 726. The predicted molar refractivity (Wildman–Crippen MR) is 70.7 cm³/mol. The van der Waals surface area contributed by atoms with Crippen LogP contribution in [0.1, 0.15) is 25.6 Å². The SMILES string of the molecule is O=C1C(c2cccs2)=CC(=O)c2c(O)cc(O)cc21. The van der Waals surface area contributed by atoms with Gasteiger partial charge in [-0.15, -0.1) is 11.3 Å². The van der Waals surface area contributed by atoms with Gasteiger partial charge in [0.15, 0.2) is 11.6 Å². The molecule has 1 aliphatic carbocycles. The summed E-state index contributed by atoms with van der Waals surface area (Å²) >= 11 is 1.35. The molecule has 0 fully saturated rings. The fourth-order valence-electron chi connectivity index (χ4n) is 2.08. The molecule has 2 aromatic rings. The van der Waals surface area contributed by atoms with Crippen LogP contribution in [-0.4, -0.2) is 21.8 Å². The number of hydrogen-bond donors (Lipinski definition) is 2. The third-order valence-electron chi connectivity index (χ3n) is 2.90. The molecule has 1 aromatic heterocycles. The number of carbonyl (C=O) groups is 2. The Morgan fingerprint density at radius 2 is 1.89 bits per heavy atom. The fraction of sp³-hybridized carbons (Fsp3) is 0. The van der Waals surface area contributed by atoms with Crippen molar-refractivity contribution in [2.75, 3.05) is 0 Å². The molecule has 2 N–H and O–H groups in total. The molecule has 3 rings (SSSR count). The van der Waals surface area contributed by atoms with Gasteiger partial charge in [-0.1, -0.05) is 6.07 Å². The van der Waals surface area contributed by atoms with Crippen LogP contribution in [0, 0.1) is 0 Å². The minimum atomic E-state index is -0.435. The van der Waals surface area contributed by atoms with E-state index in [0.29, 0.717) is 4.88 Å². The number of ketones is 2. The number of carbonyl (C=O) groups excluding carboxylic acids is 2. The van der Waals surface area contributed by atoms with E-state index in [4.69, 9.17) is 0 Å². The summed E-state index contributed by atoms with van der Waals surface area (Å²) in [4.78, 5) is 25.0. The molecule has 0 unspecified atom stereocenters. The molecule has 0 atom stereocenters. The van der Waals surface area contributed by atoms with Crippen LogP contribution in [0.5, 0.6) is 11.5 Å². The lowest BCUT2D eigenvalue weighted by Crippen LogP contribution is -2.15. The summed E-state index contributed by atoms with van der Waals surface area (Å²) in [6.45, 7) is 0. The van der Waals surface area contributed by atoms with Gasteiger partial charge in [-0.2, -0.15) is 0 Å². The van der Waals surface area contributed by atoms with Crippen molar-refractivity contribution in [3.8, 4) is 11.5 Å². The number of allylic oxidation sites excluding steroid dienone is 2. The van der Waals surface area contributed by atoms with Gasteiger partial charge in [0.2, 0.25) is 0 Å². The molecule has 5 heteroatoms. The van der Waals surface area contributed by atoms with Gasteiger partial charge in [-0.25, -0.2) is 0 Å². The average molecular weight is 272 g/mol. The van der Waals surface area contributed by atoms with Gasteiger partial charge in [0.1, 0.15) is 11.5 Å². The number of benzene rings is 1. The highest BCUT2D eigenvalue weighted by Gasteiger charge is 2.29. The van der Waals surface area contributed by atoms with Crippen LogP contribution < -0.4 is 0 Å². The summed E-state index contributed by atoms with van der Waals surface area (Å²) in [5.74, 6) is -1.43. The zero-order chi connectivity index (χ0) is 13.6. The molecule has 1 aliphatic rings. The Labute approximate surface area is 112 Å². The van der Waals surface area contributed by atoms with Crippen molar-refractivity contribution < 1.29 is 19.8 Å². The van der Waals surface area contributed by atoms with E-state index in [2.05, 4.69) is 0 Å². The summed E-state index contributed by atoms with van der Waals surface area (Å²) in [7, 11) is 0. The van der Waals surface area contributed by atoms with Crippen molar-refractivity contribution >= 4 is 28.5 Å². The van der Waals surface area contributed by atoms with Crippen LogP contribution in [-0.2, 0) is 0 Å². The van der Waals surface area contributed by atoms with Crippen molar-refractivity contribution in [2.45, 2.75) is 0 Å². The largest absolute Gasteiger partial charge is 0.508 e. The lowest BCUT2D eigenvalue weighted by molar-refractivity contribution is 0.0999. The van der Waals surface area contributed by atoms with Crippen molar-refractivity contribution in [3.63, 3.8) is 0 Å². The van der Waals surface area contributed by atoms with Crippen LogP contribution in [0.3, 0.4) is 0 Å². The van der Waals surface area contributed by atoms with E-state index in [0.717, 1.165) is 6.07 Å². The second-order valence-electron chi connectivity index (χ2n) is 4.12. The van der Waals surface area contributed by atoms with Crippen molar-refractivity contribution in [1.82, 2.24) is 0 Å². The van der Waals surface area contributed by atoms with Crippen molar-refractivity contribution in [2.24, 2.45) is 0 Å². The number of aromatic hydroxyl groups is 2. The Hall–Kier alpha value is -2.40. The molecule has 1 heterocycles. The van der Waals surface area contributed by atoms with Crippen LogP contribution in [0.25, 0.3) is 5.57 Å². The van der Waals surface area contributed by atoms with Crippen molar-refractivity contribution in [3.05, 3.63) is 51.7 Å². The zero-order valence-corrected chi connectivity index (χ0v) is 10.4. The van der Waals surface area contributed by atoms with Gasteiger partial charge in [0.25, 0.3) is 0 Å². The fourth-order valence-corrected chi connectivity index (χ4v) is 2.82. The number of phenols is 2. The molecule has 19 heavy (non-hydrogen) atoms. The third kappa shape index (κ3) is 1.75. The van der Waals surface area contributed by atoms with E-state index in [9.17, 15) is 19.8 Å². The maximum absolute atomic E-state index is 12.3. The van der Waals surface area contributed by atoms with Gasteiger partial charge in [-0.3, -0.25) is 9.59 Å². The van der Waals surface area contributed by atoms with E-state index in [1.807, 2.05) is 5.38 Å². The number of phenolic OH excluding ortho intramolecular Hbond substituents is 2. The predicted octanol–water partition coefficient (Wildman–Crippen LogP) is 2.62. The highest BCUT2D eigenvalue weighted by atomic mass is 32.1. The first-order chi connectivity index (χ1) is 9.08. The van der Waals surface area contributed by atoms with Gasteiger partial charge in [0.05, 0.1) is 5.56 Å². The van der Waals surface area contributed by atoms with Crippen LogP contribution in [0.4, 0.5) is 0 Å². The maximum atomic E-state index is 12.3. The van der Waals surface area contributed by atoms with Gasteiger partial charge >= 0.3 is 0 Å². The number of Topliss-reactive ketones (excluding diaryl/α,β-unsaturated/α-hetero) is 1. The Balaban J connectivity index is 2.23. The molecule has 0 amide bonds. The van der Waals surface area contributed by atoms with Crippen LogP contribution >= 0.6 is 11.3 Å². The molecule has 0 spiro atoms. The second-order valence-corrected chi connectivity index (χ2v) is 5.06. The Kier molecular flexibility index (Phi) is 2.50. The number of thiophene rings is 1. The summed E-state index contributed by atoms with van der Waals surface area (Å²) < 4.78 is 0. The summed E-state index contributed by atoms with van der Waals surface area (Å²) in [5.41, 5.74) is 0.272. The number of fused-ring (bicyclic) bond motifs is 1. The number of rotatable bonds is 1. The minimum absolute atomic E-state index is 0.0356. The summed E-state index contributed by atoms with van der Waals surface area (Å²) in [6.07, 6.45) is 1.23. The zero-order valence-electron chi connectivity index (χ0n) is 9.58. The van der Waals surface area contributed by atoms with E-state index >= 15 is 0 Å². The smallest absolute Gasteiger partial charge is 0.195 e. The second kappa shape index (κ2) is 4.07. The van der Waals surface area contributed by atoms with E-state index in [-0.39, 0.29) is 34.0 Å². The first-order valence-corrected chi connectivity index (χ1v) is 6.36. The van der Waals surface area contributed by atoms with Gasteiger partial charge in [0, 0.05) is 22.1 Å². The molecule has 4 nitrogen and oxygen atoms in total. The quantitative estimate of drug-likeness (QED) is 0.836. The molecule has 0 radical (unpaired) electrons.